The third kappa shape index (κ3) is 3.24. The number of aromatic nitrogens is 1. The highest BCUT2D eigenvalue weighted by Gasteiger charge is 2.28. The average molecular weight is 376 g/mol. The number of carbonyl (C=O) groups is 2. The van der Waals surface area contributed by atoms with E-state index in [1.165, 1.54) is 0 Å². The fraction of sp³-hybridized carbons (Fsp3) is 0.125. The molecular weight excluding hydrogens is 364 g/mol. The molecule has 7 nitrogen and oxygen atoms in total. The van der Waals surface area contributed by atoms with Crippen LogP contribution in [0.5, 0.6) is 5.88 Å². The van der Waals surface area contributed by atoms with Gasteiger partial charge in [-0.1, -0.05) is 18.2 Å². The molecule has 1 aliphatic heterocycles. The highest BCUT2D eigenvalue weighted by molar-refractivity contribution is 7.73. The molecule has 1 aliphatic rings. The summed E-state index contributed by atoms with van der Waals surface area (Å²) < 4.78 is 1.04. The number of allylic oxidation sites excluding steroid dienone is 1. The lowest BCUT2D eigenvalue weighted by molar-refractivity contribution is -0.147. The molecule has 0 saturated carbocycles. The van der Waals surface area contributed by atoms with Crippen LogP contribution in [0.1, 0.15) is 22.9 Å². The van der Waals surface area contributed by atoms with Crippen LogP contribution in [0.3, 0.4) is 0 Å². The highest BCUT2D eigenvalue weighted by atomic mass is 32.1. The molecule has 0 bridgehead atoms. The molecule has 2 aromatic rings. The normalized spacial score (nSPS) is 15.3. The van der Waals surface area contributed by atoms with Gasteiger partial charge in [-0.25, -0.2) is 4.79 Å². The van der Waals surface area contributed by atoms with Gasteiger partial charge in [0.2, 0.25) is 5.88 Å². The van der Waals surface area contributed by atoms with Gasteiger partial charge in [0.05, 0.1) is 17.0 Å². The van der Waals surface area contributed by atoms with Gasteiger partial charge in [0.25, 0.3) is 0 Å². The van der Waals surface area contributed by atoms with E-state index in [4.69, 9.17) is 17.3 Å². The number of carboxylic acid groups (broad SMARTS) is 2. The molecule has 2 heterocycles. The second-order valence-electron chi connectivity index (χ2n) is 5.25. The first-order chi connectivity index (χ1) is 11.9. The summed E-state index contributed by atoms with van der Waals surface area (Å²) in [5.41, 5.74) is 2.43. The van der Waals surface area contributed by atoms with Crippen molar-refractivity contribution in [2.75, 3.05) is 0 Å². The molecule has 128 valence electrons. The van der Waals surface area contributed by atoms with Gasteiger partial charge in [-0.05, 0) is 24.4 Å². The monoisotopic (exact) mass is 376 g/mol. The molecule has 0 aliphatic carbocycles. The number of benzene rings is 1. The Morgan fingerprint density at radius 2 is 2.04 bits per heavy atom. The van der Waals surface area contributed by atoms with Crippen LogP contribution in [-0.2, 0) is 9.59 Å². The predicted octanol–water partition coefficient (Wildman–Crippen LogP) is 3.34. The minimum atomic E-state index is -1.47. The van der Waals surface area contributed by atoms with Crippen molar-refractivity contribution in [3.8, 4) is 5.88 Å². The third-order valence-electron chi connectivity index (χ3n) is 3.65. The molecular formula is C16H12N2O5S2. The summed E-state index contributed by atoms with van der Waals surface area (Å²) >= 11 is 6.14. The summed E-state index contributed by atoms with van der Waals surface area (Å²) in [7, 11) is 0. The van der Waals surface area contributed by atoms with Gasteiger partial charge in [-0.2, -0.15) is 0 Å². The van der Waals surface area contributed by atoms with Gasteiger partial charge in [0, 0.05) is 17.4 Å². The number of nitrogens with zero attached hydrogens (tertiary/aromatic N) is 2. The number of thiazole rings is 1. The maximum atomic E-state index is 11.4. The first-order valence-corrected chi connectivity index (χ1v) is 8.35. The number of aliphatic carboxylic acids is 2. The number of hydrogen-bond acceptors (Lipinski definition) is 6. The van der Waals surface area contributed by atoms with Crippen LogP contribution < -0.4 is 0 Å². The molecule has 1 aromatic carbocycles. The Morgan fingerprint density at radius 3 is 2.72 bits per heavy atom. The molecule has 25 heavy (non-hydrogen) atoms. The van der Waals surface area contributed by atoms with Crippen LogP contribution in [0, 0.1) is 3.95 Å². The minimum Gasteiger partial charge on any atom is -0.493 e. The van der Waals surface area contributed by atoms with Crippen molar-refractivity contribution in [2.24, 2.45) is 4.99 Å². The topological polar surface area (TPSA) is 112 Å². The Morgan fingerprint density at radius 1 is 1.32 bits per heavy atom. The summed E-state index contributed by atoms with van der Waals surface area (Å²) in [4.78, 5) is 26.9. The van der Waals surface area contributed by atoms with E-state index in [9.17, 15) is 19.8 Å². The molecule has 1 atom stereocenters. The standard InChI is InChI=1S/C16H12N2O5S2/c19-13(20)6-11(15(22)23)18-14(21)12(25-16(18)24)5-8-7-17-10-4-2-1-3-9(8)10/h1-5,7,11,21H,6H2,(H,19,20)(H,22,23)/b8-5-. The lowest BCUT2D eigenvalue weighted by atomic mass is 10.1. The summed E-state index contributed by atoms with van der Waals surface area (Å²) in [6.07, 6.45) is 2.61. The lowest BCUT2D eigenvalue weighted by Crippen LogP contribution is -2.22. The van der Waals surface area contributed by atoms with Crippen molar-refractivity contribution >= 4 is 59.0 Å². The highest BCUT2D eigenvalue weighted by Crippen LogP contribution is 2.37. The molecule has 0 amide bonds. The summed E-state index contributed by atoms with van der Waals surface area (Å²) in [5, 5.41) is 28.6. The Bertz CT molecular complexity index is 987. The molecule has 9 heteroatoms. The summed E-state index contributed by atoms with van der Waals surface area (Å²) in [6, 6.07) is 5.99. The number of para-hydroxylation sites is 1. The van der Waals surface area contributed by atoms with E-state index >= 15 is 0 Å². The van der Waals surface area contributed by atoms with E-state index < -0.39 is 24.4 Å². The van der Waals surface area contributed by atoms with Crippen LogP contribution >= 0.6 is 23.6 Å². The number of rotatable bonds is 5. The van der Waals surface area contributed by atoms with E-state index in [-0.39, 0.29) is 9.83 Å². The molecule has 3 rings (SSSR count). The van der Waals surface area contributed by atoms with Crippen molar-refractivity contribution in [3.05, 3.63) is 38.7 Å². The predicted molar refractivity (Wildman–Crippen MR) is 96.2 cm³/mol. The molecule has 0 radical (unpaired) electrons. The van der Waals surface area contributed by atoms with Crippen LogP contribution in [0.4, 0.5) is 5.69 Å². The zero-order valence-corrected chi connectivity index (χ0v) is 14.3. The lowest BCUT2D eigenvalue weighted by Gasteiger charge is -2.12. The second-order valence-corrected chi connectivity index (χ2v) is 6.93. The molecule has 3 N–H and O–H groups in total. The zero-order valence-electron chi connectivity index (χ0n) is 12.6. The van der Waals surface area contributed by atoms with Crippen LogP contribution in [0.15, 0.2) is 29.3 Å². The maximum absolute atomic E-state index is 11.4. The van der Waals surface area contributed by atoms with Crippen molar-refractivity contribution in [2.45, 2.75) is 12.5 Å². The van der Waals surface area contributed by atoms with Gasteiger partial charge >= 0.3 is 11.9 Å². The van der Waals surface area contributed by atoms with E-state index in [2.05, 4.69) is 4.99 Å². The molecule has 1 aromatic heterocycles. The van der Waals surface area contributed by atoms with Gasteiger partial charge in [0.1, 0.15) is 6.04 Å². The van der Waals surface area contributed by atoms with Crippen molar-refractivity contribution < 1.29 is 24.9 Å². The first kappa shape index (κ1) is 17.1. The molecule has 1 unspecified atom stereocenters. The summed E-state index contributed by atoms with van der Waals surface area (Å²) in [5.74, 6) is -3.04. The fourth-order valence-electron chi connectivity index (χ4n) is 2.51. The third-order valence-corrected chi connectivity index (χ3v) is 4.99. The van der Waals surface area contributed by atoms with Gasteiger partial charge in [0.15, 0.2) is 3.95 Å². The van der Waals surface area contributed by atoms with Gasteiger partial charge in [-0.3, -0.25) is 14.4 Å². The van der Waals surface area contributed by atoms with Crippen molar-refractivity contribution in [3.63, 3.8) is 0 Å². The Hall–Kier alpha value is -2.78. The van der Waals surface area contributed by atoms with E-state index in [1.807, 2.05) is 24.3 Å². The number of aromatic hydroxyl groups is 1. The quantitative estimate of drug-likeness (QED) is 0.690. The smallest absolute Gasteiger partial charge is 0.327 e. The molecule has 0 fully saturated rings. The largest absolute Gasteiger partial charge is 0.493 e. The van der Waals surface area contributed by atoms with Crippen molar-refractivity contribution in [1.82, 2.24) is 4.57 Å². The molecule has 0 saturated heterocycles. The summed E-state index contributed by atoms with van der Waals surface area (Å²) in [6.45, 7) is 0. The first-order valence-electron chi connectivity index (χ1n) is 7.12. The number of hydrogen-bond donors (Lipinski definition) is 3. The average Bonchev–Trinajstić information content (AvgIpc) is 3.07. The van der Waals surface area contributed by atoms with Gasteiger partial charge < -0.3 is 15.3 Å². The number of fused-ring (bicyclic) bond motifs is 1. The van der Waals surface area contributed by atoms with E-state index in [0.717, 1.165) is 32.7 Å². The number of aliphatic imine (C=N–C) groups is 1. The molecule has 0 spiro atoms. The zero-order chi connectivity index (χ0) is 18.1. The van der Waals surface area contributed by atoms with Gasteiger partial charge in [-0.15, -0.1) is 11.3 Å². The maximum Gasteiger partial charge on any atom is 0.327 e. The SMILES string of the molecule is O=C(O)CC(C(=O)O)n1c(O)c(/C=C2/C=Nc3ccccc32)sc1=S. The van der Waals surface area contributed by atoms with Crippen LogP contribution in [0.25, 0.3) is 11.6 Å². The Labute approximate surface area is 150 Å². The minimum absolute atomic E-state index is 0.0845. The van der Waals surface area contributed by atoms with Crippen LogP contribution in [0.2, 0.25) is 0 Å². The van der Waals surface area contributed by atoms with Crippen LogP contribution in [-0.4, -0.2) is 38.0 Å². The number of carboxylic acids is 2. The van der Waals surface area contributed by atoms with E-state index in [1.54, 1.807) is 12.3 Å². The van der Waals surface area contributed by atoms with E-state index in [0.29, 0.717) is 4.88 Å². The second kappa shape index (κ2) is 6.61. The van der Waals surface area contributed by atoms with Crippen molar-refractivity contribution in [1.29, 1.82) is 0 Å². The Balaban J connectivity index is 2.05. The Kier molecular flexibility index (Phi) is 4.51. The fourth-order valence-corrected chi connectivity index (χ4v) is 3.87.